The molecule has 82 valence electrons. The Kier molecular flexibility index (Phi) is 3.31. The van der Waals surface area contributed by atoms with Crippen molar-refractivity contribution in [1.29, 1.82) is 0 Å². The van der Waals surface area contributed by atoms with Crippen LogP contribution in [0.3, 0.4) is 0 Å². The summed E-state index contributed by atoms with van der Waals surface area (Å²) >= 11 is 0. The number of carbonyl (C=O) groups excluding carboxylic acids is 1. The molecule has 0 aliphatic carbocycles. The molecule has 4 nitrogen and oxygen atoms in total. The van der Waals surface area contributed by atoms with Gasteiger partial charge in [-0.3, -0.25) is 4.79 Å². The molecule has 0 fully saturated rings. The molecule has 1 rings (SSSR count). The van der Waals surface area contributed by atoms with Gasteiger partial charge in [-0.2, -0.15) is 0 Å². The number of hydrogen-bond donors (Lipinski definition) is 3. The van der Waals surface area contributed by atoms with Gasteiger partial charge in [-0.1, -0.05) is 0 Å². The number of phenols is 1. The number of nitrogens with two attached hydrogens (primary N) is 1. The Bertz CT molecular complexity index is 386. The molecule has 0 heterocycles. The van der Waals surface area contributed by atoms with E-state index < -0.39 is 6.04 Å². The Morgan fingerprint density at radius 2 is 2.00 bits per heavy atom. The molecule has 0 aliphatic heterocycles. The molecule has 0 bridgehead atoms. The topological polar surface area (TPSA) is 75.4 Å². The predicted molar refractivity (Wildman–Crippen MR) is 59.9 cm³/mol. The van der Waals surface area contributed by atoms with E-state index >= 15 is 0 Å². The predicted octanol–water partition coefficient (Wildman–Crippen LogP) is 1.29. The number of aryl methyl sites for hydroxylation is 2. The first-order chi connectivity index (χ1) is 6.91. The van der Waals surface area contributed by atoms with Gasteiger partial charge in [-0.25, -0.2) is 0 Å². The van der Waals surface area contributed by atoms with Crippen molar-refractivity contribution in [3.05, 3.63) is 23.3 Å². The second-order valence-electron chi connectivity index (χ2n) is 3.73. The quantitative estimate of drug-likeness (QED) is 0.641. The SMILES string of the molecule is Cc1cc(NC(=O)[C@@H](C)N)c(C)cc1O. The molecule has 4 N–H and O–H groups in total. The number of amides is 1. The lowest BCUT2D eigenvalue weighted by Crippen LogP contribution is -2.32. The zero-order chi connectivity index (χ0) is 11.6. The van der Waals surface area contributed by atoms with E-state index in [1.165, 1.54) is 0 Å². The van der Waals surface area contributed by atoms with Crippen molar-refractivity contribution in [2.45, 2.75) is 26.8 Å². The fraction of sp³-hybridized carbons (Fsp3) is 0.364. The van der Waals surface area contributed by atoms with Crippen molar-refractivity contribution in [3.63, 3.8) is 0 Å². The third-order valence-electron chi connectivity index (χ3n) is 2.21. The minimum absolute atomic E-state index is 0.228. The van der Waals surface area contributed by atoms with Crippen LogP contribution in [-0.4, -0.2) is 17.1 Å². The highest BCUT2D eigenvalue weighted by molar-refractivity contribution is 5.95. The van der Waals surface area contributed by atoms with E-state index in [1.807, 2.05) is 6.92 Å². The molecule has 0 radical (unpaired) electrons. The maximum absolute atomic E-state index is 11.4. The lowest BCUT2D eigenvalue weighted by Gasteiger charge is -2.12. The molecule has 0 spiro atoms. The van der Waals surface area contributed by atoms with Crippen molar-refractivity contribution in [1.82, 2.24) is 0 Å². The van der Waals surface area contributed by atoms with Crippen LogP contribution in [0, 0.1) is 13.8 Å². The Balaban J connectivity index is 2.96. The third-order valence-corrected chi connectivity index (χ3v) is 2.21. The highest BCUT2D eigenvalue weighted by Crippen LogP contribution is 2.24. The molecule has 0 aliphatic rings. The molecule has 0 unspecified atom stereocenters. The van der Waals surface area contributed by atoms with E-state index in [1.54, 1.807) is 26.0 Å². The highest BCUT2D eigenvalue weighted by atomic mass is 16.3. The summed E-state index contributed by atoms with van der Waals surface area (Å²) in [5.74, 6) is -0.00511. The molecule has 1 aromatic carbocycles. The first-order valence-corrected chi connectivity index (χ1v) is 4.78. The number of benzene rings is 1. The molecule has 0 aromatic heterocycles. The minimum Gasteiger partial charge on any atom is -0.508 e. The van der Waals surface area contributed by atoms with Crippen LogP contribution >= 0.6 is 0 Å². The number of hydrogen-bond acceptors (Lipinski definition) is 3. The maximum atomic E-state index is 11.4. The molecule has 0 saturated carbocycles. The number of aromatic hydroxyl groups is 1. The molecule has 15 heavy (non-hydrogen) atoms. The lowest BCUT2D eigenvalue weighted by atomic mass is 10.1. The first-order valence-electron chi connectivity index (χ1n) is 4.78. The fourth-order valence-electron chi connectivity index (χ4n) is 1.18. The van der Waals surface area contributed by atoms with Crippen LogP contribution in [-0.2, 0) is 4.79 Å². The third kappa shape index (κ3) is 2.70. The average Bonchev–Trinajstić information content (AvgIpc) is 2.13. The molecular weight excluding hydrogens is 192 g/mol. The van der Waals surface area contributed by atoms with Gasteiger partial charge in [-0.05, 0) is 44.0 Å². The summed E-state index contributed by atoms with van der Waals surface area (Å²) in [6, 6.07) is 2.80. The summed E-state index contributed by atoms with van der Waals surface area (Å²) in [4.78, 5) is 11.4. The van der Waals surface area contributed by atoms with Crippen LogP contribution in [0.5, 0.6) is 5.75 Å². The number of nitrogens with one attached hydrogen (secondary N) is 1. The Morgan fingerprint density at radius 1 is 1.40 bits per heavy atom. The second-order valence-corrected chi connectivity index (χ2v) is 3.73. The van der Waals surface area contributed by atoms with E-state index in [0.29, 0.717) is 5.69 Å². The standard InChI is InChI=1S/C11H16N2O2/c1-6-5-10(14)7(2)4-9(6)13-11(15)8(3)12/h4-5,8,14H,12H2,1-3H3,(H,13,15)/t8-/m1/s1. The summed E-state index contributed by atoms with van der Waals surface area (Å²) in [7, 11) is 0. The van der Waals surface area contributed by atoms with E-state index in [9.17, 15) is 9.90 Å². The lowest BCUT2D eigenvalue weighted by molar-refractivity contribution is -0.117. The Morgan fingerprint density at radius 3 is 2.53 bits per heavy atom. The fourth-order valence-corrected chi connectivity index (χ4v) is 1.18. The highest BCUT2D eigenvalue weighted by Gasteiger charge is 2.10. The van der Waals surface area contributed by atoms with Gasteiger partial charge in [-0.15, -0.1) is 0 Å². The minimum atomic E-state index is -0.543. The largest absolute Gasteiger partial charge is 0.508 e. The molecule has 1 aromatic rings. The number of phenolic OH excluding ortho intramolecular Hbond substituents is 1. The van der Waals surface area contributed by atoms with Crippen molar-refractivity contribution >= 4 is 11.6 Å². The second kappa shape index (κ2) is 4.31. The molecule has 4 heteroatoms. The van der Waals surface area contributed by atoms with Gasteiger partial charge in [0.1, 0.15) is 5.75 Å². The summed E-state index contributed by atoms with van der Waals surface area (Å²) in [5, 5.41) is 12.1. The van der Waals surface area contributed by atoms with E-state index in [-0.39, 0.29) is 11.7 Å². The number of carbonyl (C=O) groups is 1. The van der Waals surface area contributed by atoms with Gasteiger partial charge < -0.3 is 16.2 Å². The molecular formula is C11H16N2O2. The van der Waals surface area contributed by atoms with Gasteiger partial charge in [0.2, 0.25) is 5.91 Å². The zero-order valence-electron chi connectivity index (χ0n) is 9.16. The smallest absolute Gasteiger partial charge is 0.241 e. The van der Waals surface area contributed by atoms with Crippen molar-refractivity contribution in [3.8, 4) is 5.75 Å². The van der Waals surface area contributed by atoms with E-state index in [2.05, 4.69) is 5.32 Å². The zero-order valence-corrected chi connectivity index (χ0v) is 9.16. The molecule has 0 saturated heterocycles. The van der Waals surface area contributed by atoms with E-state index in [0.717, 1.165) is 11.1 Å². The normalized spacial score (nSPS) is 12.3. The average molecular weight is 208 g/mol. The summed E-state index contributed by atoms with van der Waals surface area (Å²) in [6.45, 7) is 5.21. The van der Waals surface area contributed by atoms with Crippen LogP contribution in [0.4, 0.5) is 5.69 Å². The Hall–Kier alpha value is -1.55. The number of rotatable bonds is 2. The number of anilines is 1. The van der Waals surface area contributed by atoms with Crippen LogP contribution in [0.15, 0.2) is 12.1 Å². The van der Waals surface area contributed by atoms with Crippen molar-refractivity contribution in [2.75, 3.05) is 5.32 Å². The van der Waals surface area contributed by atoms with Gasteiger partial charge in [0, 0.05) is 5.69 Å². The van der Waals surface area contributed by atoms with Gasteiger partial charge in [0.05, 0.1) is 6.04 Å². The summed E-state index contributed by atoms with van der Waals surface area (Å²) in [5.41, 5.74) is 7.66. The van der Waals surface area contributed by atoms with E-state index in [4.69, 9.17) is 5.73 Å². The maximum Gasteiger partial charge on any atom is 0.241 e. The van der Waals surface area contributed by atoms with Crippen LogP contribution < -0.4 is 11.1 Å². The summed E-state index contributed by atoms with van der Waals surface area (Å²) in [6.07, 6.45) is 0. The van der Waals surface area contributed by atoms with Crippen LogP contribution in [0.2, 0.25) is 0 Å². The Labute approximate surface area is 89.1 Å². The van der Waals surface area contributed by atoms with Gasteiger partial charge in [0.25, 0.3) is 0 Å². The van der Waals surface area contributed by atoms with Crippen LogP contribution in [0.1, 0.15) is 18.1 Å². The summed E-state index contributed by atoms with van der Waals surface area (Å²) < 4.78 is 0. The molecule has 1 amide bonds. The monoisotopic (exact) mass is 208 g/mol. The van der Waals surface area contributed by atoms with Gasteiger partial charge >= 0.3 is 0 Å². The molecule has 1 atom stereocenters. The van der Waals surface area contributed by atoms with Crippen molar-refractivity contribution in [2.24, 2.45) is 5.73 Å². The van der Waals surface area contributed by atoms with Crippen LogP contribution in [0.25, 0.3) is 0 Å². The van der Waals surface area contributed by atoms with Crippen molar-refractivity contribution < 1.29 is 9.90 Å². The van der Waals surface area contributed by atoms with Gasteiger partial charge in [0.15, 0.2) is 0 Å². The first kappa shape index (κ1) is 11.5.